The van der Waals surface area contributed by atoms with E-state index in [0.29, 0.717) is 18.8 Å². The van der Waals surface area contributed by atoms with Crippen LogP contribution in [0.4, 0.5) is 5.69 Å². The Morgan fingerprint density at radius 1 is 1.28 bits per heavy atom. The summed E-state index contributed by atoms with van der Waals surface area (Å²) in [6, 6.07) is 11.1. The average molecular weight is 246 g/mol. The summed E-state index contributed by atoms with van der Waals surface area (Å²) >= 11 is 0. The van der Waals surface area contributed by atoms with Crippen LogP contribution in [0.25, 0.3) is 0 Å². The monoisotopic (exact) mass is 246 g/mol. The van der Waals surface area contributed by atoms with Gasteiger partial charge in [-0.05, 0) is 36.9 Å². The summed E-state index contributed by atoms with van der Waals surface area (Å²) in [4.78, 5) is 2.01. The van der Waals surface area contributed by atoms with Gasteiger partial charge in [-0.15, -0.1) is 0 Å². The molecule has 0 aliphatic carbocycles. The summed E-state index contributed by atoms with van der Waals surface area (Å²) in [6.07, 6.45) is 1.13. The lowest BCUT2D eigenvalue weighted by atomic mass is 10.1. The average Bonchev–Trinajstić information content (AvgIpc) is 2.82. The van der Waals surface area contributed by atoms with E-state index in [9.17, 15) is 5.11 Å². The van der Waals surface area contributed by atoms with Crippen molar-refractivity contribution in [1.82, 2.24) is 4.90 Å². The zero-order valence-electron chi connectivity index (χ0n) is 10.4. The minimum absolute atomic E-state index is 0.523. The zero-order valence-corrected chi connectivity index (χ0v) is 10.4. The minimum Gasteiger partial charge on any atom is -0.468 e. The number of rotatable bonds is 5. The van der Waals surface area contributed by atoms with Crippen molar-refractivity contribution in [3.63, 3.8) is 0 Å². The van der Waals surface area contributed by atoms with Crippen molar-refractivity contribution >= 4 is 5.69 Å². The van der Waals surface area contributed by atoms with Crippen LogP contribution in [0.3, 0.4) is 0 Å². The van der Waals surface area contributed by atoms with Gasteiger partial charge in [-0.2, -0.15) is 0 Å². The van der Waals surface area contributed by atoms with Crippen LogP contribution in [0.2, 0.25) is 0 Å². The lowest BCUT2D eigenvalue weighted by Gasteiger charge is -2.19. The van der Waals surface area contributed by atoms with Gasteiger partial charge in [-0.1, -0.05) is 12.1 Å². The molecular formula is C14H18N2O2. The van der Waals surface area contributed by atoms with E-state index in [4.69, 9.17) is 10.2 Å². The Kier molecular flexibility index (Phi) is 4.02. The van der Waals surface area contributed by atoms with Crippen LogP contribution in [0.5, 0.6) is 0 Å². The van der Waals surface area contributed by atoms with E-state index in [-0.39, 0.29) is 0 Å². The maximum absolute atomic E-state index is 10.1. The van der Waals surface area contributed by atoms with Crippen molar-refractivity contribution in [1.29, 1.82) is 0 Å². The largest absolute Gasteiger partial charge is 0.468 e. The SMILES string of the molecule is CN(Cc1ccco1)CC(O)c1ccc(N)cc1. The van der Waals surface area contributed by atoms with Gasteiger partial charge in [0.1, 0.15) is 5.76 Å². The number of nitrogens with zero attached hydrogens (tertiary/aromatic N) is 1. The van der Waals surface area contributed by atoms with Crippen molar-refractivity contribution < 1.29 is 9.52 Å². The van der Waals surface area contributed by atoms with Gasteiger partial charge in [-0.25, -0.2) is 0 Å². The van der Waals surface area contributed by atoms with Crippen molar-refractivity contribution in [3.05, 3.63) is 54.0 Å². The van der Waals surface area contributed by atoms with Crippen molar-refractivity contribution in [2.24, 2.45) is 0 Å². The summed E-state index contributed by atoms with van der Waals surface area (Å²) < 4.78 is 5.27. The quantitative estimate of drug-likeness (QED) is 0.792. The first kappa shape index (κ1) is 12.7. The summed E-state index contributed by atoms with van der Waals surface area (Å²) in [5, 5.41) is 10.1. The molecule has 3 N–H and O–H groups in total. The maximum Gasteiger partial charge on any atom is 0.117 e. The van der Waals surface area contributed by atoms with Crippen LogP contribution in [0.1, 0.15) is 17.4 Å². The molecule has 96 valence electrons. The van der Waals surface area contributed by atoms with Crippen LogP contribution >= 0.6 is 0 Å². The number of aliphatic hydroxyl groups is 1. The third-order valence-corrected chi connectivity index (χ3v) is 2.81. The molecule has 1 aromatic carbocycles. The Labute approximate surface area is 107 Å². The maximum atomic E-state index is 10.1. The number of hydrogen-bond acceptors (Lipinski definition) is 4. The van der Waals surface area contributed by atoms with Gasteiger partial charge in [0, 0.05) is 12.2 Å². The molecule has 0 saturated carbocycles. The first-order valence-electron chi connectivity index (χ1n) is 5.89. The molecule has 4 heteroatoms. The van der Waals surface area contributed by atoms with E-state index in [1.165, 1.54) is 0 Å². The smallest absolute Gasteiger partial charge is 0.117 e. The fourth-order valence-corrected chi connectivity index (χ4v) is 1.85. The Bertz CT molecular complexity index is 465. The zero-order chi connectivity index (χ0) is 13.0. The second-order valence-corrected chi connectivity index (χ2v) is 4.46. The normalized spacial score (nSPS) is 12.8. The second-order valence-electron chi connectivity index (χ2n) is 4.46. The van der Waals surface area contributed by atoms with Gasteiger partial charge >= 0.3 is 0 Å². The molecule has 0 spiro atoms. The number of aliphatic hydroxyl groups excluding tert-OH is 1. The first-order chi connectivity index (χ1) is 8.65. The molecule has 0 aliphatic rings. The van der Waals surface area contributed by atoms with Crippen molar-refractivity contribution in [2.75, 3.05) is 19.3 Å². The third-order valence-electron chi connectivity index (χ3n) is 2.81. The lowest BCUT2D eigenvalue weighted by Crippen LogP contribution is -2.24. The van der Waals surface area contributed by atoms with Gasteiger partial charge in [-0.3, -0.25) is 4.90 Å². The Morgan fingerprint density at radius 3 is 2.61 bits per heavy atom. The van der Waals surface area contributed by atoms with Crippen molar-refractivity contribution in [2.45, 2.75) is 12.6 Å². The van der Waals surface area contributed by atoms with E-state index in [1.807, 2.05) is 36.2 Å². The molecule has 0 bridgehead atoms. The highest BCUT2D eigenvalue weighted by Crippen LogP contribution is 2.16. The van der Waals surface area contributed by atoms with Gasteiger partial charge in [0.2, 0.25) is 0 Å². The molecule has 2 aromatic rings. The Hall–Kier alpha value is -1.78. The molecule has 1 heterocycles. The Balaban J connectivity index is 1.90. The summed E-state index contributed by atoms with van der Waals surface area (Å²) in [5.41, 5.74) is 7.19. The molecule has 0 saturated heterocycles. The number of nitrogens with two attached hydrogens (primary N) is 1. The number of likely N-dealkylation sites (N-methyl/N-ethyl adjacent to an activating group) is 1. The van der Waals surface area contributed by atoms with Gasteiger partial charge in [0.25, 0.3) is 0 Å². The van der Waals surface area contributed by atoms with E-state index in [2.05, 4.69) is 0 Å². The van der Waals surface area contributed by atoms with Gasteiger partial charge < -0.3 is 15.3 Å². The van der Waals surface area contributed by atoms with Gasteiger partial charge in [0.15, 0.2) is 0 Å². The van der Waals surface area contributed by atoms with Crippen molar-refractivity contribution in [3.8, 4) is 0 Å². The topological polar surface area (TPSA) is 62.6 Å². The third kappa shape index (κ3) is 3.35. The highest BCUT2D eigenvalue weighted by Gasteiger charge is 2.11. The van der Waals surface area contributed by atoms with Crippen LogP contribution < -0.4 is 5.73 Å². The first-order valence-corrected chi connectivity index (χ1v) is 5.89. The molecule has 0 amide bonds. The van der Waals surface area contributed by atoms with Crippen LogP contribution in [-0.4, -0.2) is 23.6 Å². The molecule has 0 radical (unpaired) electrons. The molecule has 4 nitrogen and oxygen atoms in total. The fraction of sp³-hybridized carbons (Fsp3) is 0.286. The highest BCUT2D eigenvalue weighted by molar-refractivity contribution is 5.39. The minimum atomic E-state index is -0.523. The van der Waals surface area contributed by atoms with Crippen LogP contribution in [0.15, 0.2) is 47.1 Å². The van der Waals surface area contributed by atoms with E-state index >= 15 is 0 Å². The molecular weight excluding hydrogens is 228 g/mol. The summed E-state index contributed by atoms with van der Waals surface area (Å²) in [6.45, 7) is 1.23. The van der Waals surface area contributed by atoms with E-state index in [0.717, 1.165) is 11.3 Å². The Morgan fingerprint density at radius 2 is 2.00 bits per heavy atom. The predicted molar refractivity (Wildman–Crippen MR) is 70.9 cm³/mol. The van der Waals surface area contributed by atoms with Crippen LogP contribution in [-0.2, 0) is 6.54 Å². The predicted octanol–water partition coefficient (Wildman–Crippen LogP) is 2.03. The molecule has 1 atom stereocenters. The molecule has 1 unspecified atom stereocenters. The molecule has 1 aromatic heterocycles. The molecule has 0 fully saturated rings. The highest BCUT2D eigenvalue weighted by atomic mass is 16.3. The van der Waals surface area contributed by atoms with E-state index < -0.39 is 6.10 Å². The standard InChI is InChI=1S/C14H18N2O2/c1-16(9-13-3-2-8-18-13)10-14(17)11-4-6-12(15)7-5-11/h2-8,14,17H,9-10,15H2,1H3. The molecule has 0 aliphatic heterocycles. The molecule has 2 rings (SSSR count). The second kappa shape index (κ2) is 5.71. The number of nitrogen functional groups attached to an aromatic ring is 1. The number of hydrogen-bond donors (Lipinski definition) is 2. The number of benzene rings is 1. The van der Waals surface area contributed by atoms with E-state index in [1.54, 1.807) is 18.4 Å². The summed E-state index contributed by atoms with van der Waals surface area (Å²) in [5.74, 6) is 0.891. The van der Waals surface area contributed by atoms with Gasteiger partial charge in [0.05, 0.1) is 18.9 Å². The number of anilines is 1. The molecule has 18 heavy (non-hydrogen) atoms. The van der Waals surface area contributed by atoms with Crippen LogP contribution in [0, 0.1) is 0 Å². The number of furan rings is 1. The fourth-order valence-electron chi connectivity index (χ4n) is 1.85. The lowest BCUT2D eigenvalue weighted by molar-refractivity contribution is 0.120. The summed E-state index contributed by atoms with van der Waals surface area (Å²) in [7, 11) is 1.95.